The highest BCUT2D eigenvalue weighted by molar-refractivity contribution is 7.14. The van der Waals surface area contributed by atoms with E-state index >= 15 is 0 Å². The van der Waals surface area contributed by atoms with Crippen LogP contribution in [0.2, 0.25) is 0 Å². The zero-order valence-electron chi connectivity index (χ0n) is 14.8. The minimum atomic E-state index is -0.394. The van der Waals surface area contributed by atoms with Gasteiger partial charge in [-0.1, -0.05) is 0 Å². The molecule has 0 bridgehead atoms. The van der Waals surface area contributed by atoms with Crippen LogP contribution in [0.5, 0.6) is 0 Å². The molecule has 2 aromatic heterocycles. The molecular weight excluding hydrogens is 364 g/mol. The lowest BCUT2D eigenvalue weighted by Gasteiger charge is -2.12. The Morgan fingerprint density at radius 3 is 2.56 bits per heavy atom. The number of thiazole rings is 1. The first-order chi connectivity index (χ1) is 13.0. The Labute approximate surface area is 160 Å². The predicted octanol–water partition coefficient (Wildman–Crippen LogP) is 2.43. The maximum atomic E-state index is 12.2. The molecule has 9 heteroatoms. The molecule has 3 aromatic rings. The van der Waals surface area contributed by atoms with E-state index in [1.807, 2.05) is 43.3 Å². The number of amides is 2. The molecule has 0 unspecified atom stereocenters. The average Bonchev–Trinajstić information content (AvgIpc) is 3.09. The molecule has 0 spiro atoms. The molecule has 2 amide bonds. The summed E-state index contributed by atoms with van der Waals surface area (Å²) in [6, 6.07) is 7.55. The largest absolute Gasteiger partial charge is 0.378 e. The van der Waals surface area contributed by atoms with Gasteiger partial charge in [-0.2, -0.15) is 0 Å². The normalized spacial score (nSPS) is 10.3. The number of rotatable bonds is 6. The number of carbonyl (C=O) groups excluding carboxylic acids is 2. The highest BCUT2D eigenvalue weighted by Crippen LogP contribution is 2.18. The summed E-state index contributed by atoms with van der Waals surface area (Å²) >= 11 is 1.25. The number of hydrogen-bond acceptors (Lipinski definition) is 7. The standard InChI is InChI=1S/C18H18N6O2S/c1-24(2)14-5-3-12(4-6-14)21-16(25)9-13-11-27-18(22-13)23-17(26)15-10-19-7-8-20-15/h3-8,10-11H,9H2,1-2H3,(H,21,25)(H,22,23,26). The first-order valence-corrected chi connectivity index (χ1v) is 8.98. The Bertz CT molecular complexity index is 925. The number of anilines is 3. The lowest BCUT2D eigenvalue weighted by molar-refractivity contribution is -0.115. The molecular formula is C18H18N6O2S. The zero-order chi connectivity index (χ0) is 19.2. The van der Waals surface area contributed by atoms with Gasteiger partial charge in [0, 0.05) is 43.2 Å². The second-order valence-corrected chi connectivity index (χ2v) is 6.71. The van der Waals surface area contributed by atoms with E-state index in [1.54, 1.807) is 5.38 Å². The summed E-state index contributed by atoms with van der Waals surface area (Å²) in [4.78, 5) is 38.3. The van der Waals surface area contributed by atoms with Crippen molar-refractivity contribution in [1.82, 2.24) is 15.0 Å². The minimum absolute atomic E-state index is 0.118. The molecule has 0 saturated carbocycles. The van der Waals surface area contributed by atoms with Gasteiger partial charge in [-0.3, -0.25) is 19.9 Å². The number of benzene rings is 1. The quantitative estimate of drug-likeness (QED) is 0.679. The first kappa shape index (κ1) is 18.5. The third-order valence-corrected chi connectivity index (χ3v) is 4.38. The fourth-order valence-corrected chi connectivity index (χ4v) is 2.94. The van der Waals surface area contributed by atoms with Crippen molar-refractivity contribution in [2.75, 3.05) is 29.6 Å². The van der Waals surface area contributed by atoms with Gasteiger partial charge in [-0.25, -0.2) is 9.97 Å². The molecule has 0 saturated heterocycles. The fourth-order valence-electron chi connectivity index (χ4n) is 2.24. The summed E-state index contributed by atoms with van der Waals surface area (Å²) in [6.45, 7) is 0. The molecule has 0 radical (unpaired) electrons. The van der Waals surface area contributed by atoms with Crippen LogP contribution < -0.4 is 15.5 Å². The molecule has 0 aliphatic heterocycles. The van der Waals surface area contributed by atoms with Crippen LogP contribution in [0.1, 0.15) is 16.2 Å². The highest BCUT2D eigenvalue weighted by Gasteiger charge is 2.12. The zero-order valence-corrected chi connectivity index (χ0v) is 15.7. The molecule has 138 valence electrons. The monoisotopic (exact) mass is 382 g/mol. The third-order valence-electron chi connectivity index (χ3n) is 3.58. The molecule has 1 aromatic carbocycles. The van der Waals surface area contributed by atoms with Gasteiger partial charge < -0.3 is 10.2 Å². The van der Waals surface area contributed by atoms with Crippen LogP contribution in [0.15, 0.2) is 48.2 Å². The van der Waals surface area contributed by atoms with Crippen molar-refractivity contribution in [3.05, 3.63) is 59.6 Å². The Balaban J connectivity index is 1.55. The molecule has 3 rings (SSSR count). The van der Waals surface area contributed by atoms with Crippen LogP contribution in [0.3, 0.4) is 0 Å². The summed E-state index contributed by atoms with van der Waals surface area (Å²) in [5.74, 6) is -0.570. The van der Waals surface area contributed by atoms with Crippen molar-refractivity contribution in [3.8, 4) is 0 Å². The van der Waals surface area contributed by atoms with E-state index < -0.39 is 5.91 Å². The van der Waals surface area contributed by atoms with Crippen LogP contribution in [0.25, 0.3) is 0 Å². The molecule has 2 N–H and O–H groups in total. The van der Waals surface area contributed by atoms with Gasteiger partial charge in [0.1, 0.15) is 5.69 Å². The van der Waals surface area contributed by atoms with Gasteiger partial charge in [0.2, 0.25) is 5.91 Å². The van der Waals surface area contributed by atoms with Crippen molar-refractivity contribution in [1.29, 1.82) is 0 Å². The summed E-state index contributed by atoms with van der Waals surface area (Å²) in [6.07, 6.45) is 4.42. The Morgan fingerprint density at radius 1 is 1.11 bits per heavy atom. The van der Waals surface area contributed by atoms with Gasteiger partial charge >= 0.3 is 0 Å². The van der Waals surface area contributed by atoms with Crippen molar-refractivity contribution in [2.45, 2.75) is 6.42 Å². The Kier molecular flexibility index (Phi) is 5.72. The molecule has 0 fully saturated rings. The van der Waals surface area contributed by atoms with E-state index in [0.29, 0.717) is 10.8 Å². The van der Waals surface area contributed by atoms with Gasteiger partial charge in [-0.15, -0.1) is 11.3 Å². The molecule has 8 nitrogen and oxygen atoms in total. The Morgan fingerprint density at radius 2 is 1.89 bits per heavy atom. The maximum absolute atomic E-state index is 12.2. The molecule has 2 heterocycles. The molecule has 27 heavy (non-hydrogen) atoms. The van der Waals surface area contributed by atoms with Gasteiger partial charge in [0.05, 0.1) is 18.3 Å². The second-order valence-electron chi connectivity index (χ2n) is 5.86. The maximum Gasteiger partial charge on any atom is 0.277 e. The number of carbonyl (C=O) groups is 2. The van der Waals surface area contributed by atoms with Gasteiger partial charge in [-0.05, 0) is 24.3 Å². The highest BCUT2D eigenvalue weighted by atomic mass is 32.1. The van der Waals surface area contributed by atoms with Crippen molar-refractivity contribution < 1.29 is 9.59 Å². The number of hydrogen-bond donors (Lipinski definition) is 2. The summed E-state index contributed by atoms with van der Waals surface area (Å²) in [5, 5.41) is 7.63. The minimum Gasteiger partial charge on any atom is -0.378 e. The number of aromatic nitrogens is 3. The van der Waals surface area contributed by atoms with Crippen molar-refractivity contribution >= 4 is 39.7 Å². The second kappa shape index (κ2) is 8.37. The molecule has 0 aliphatic carbocycles. The average molecular weight is 382 g/mol. The van der Waals surface area contributed by atoms with Crippen molar-refractivity contribution in [3.63, 3.8) is 0 Å². The molecule has 0 atom stereocenters. The fraction of sp³-hybridized carbons (Fsp3) is 0.167. The predicted molar refractivity (Wildman–Crippen MR) is 105 cm³/mol. The topological polar surface area (TPSA) is 100 Å². The summed E-state index contributed by atoms with van der Waals surface area (Å²) in [7, 11) is 3.91. The van der Waals surface area contributed by atoms with Crippen LogP contribution >= 0.6 is 11.3 Å². The van der Waals surface area contributed by atoms with Crippen LogP contribution in [0.4, 0.5) is 16.5 Å². The van der Waals surface area contributed by atoms with Crippen LogP contribution in [-0.2, 0) is 11.2 Å². The summed E-state index contributed by atoms with van der Waals surface area (Å²) < 4.78 is 0. The van der Waals surface area contributed by atoms with E-state index in [-0.39, 0.29) is 18.0 Å². The van der Waals surface area contributed by atoms with E-state index in [2.05, 4.69) is 25.6 Å². The first-order valence-electron chi connectivity index (χ1n) is 8.10. The van der Waals surface area contributed by atoms with Gasteiger partial charge in [0.25, 0.3) is 5.91 Å². The van der Waals surface area contributed by atoms with E-state index in [1.165, 1.54) is 29.9 Å². The van der Waals surface area contributed by atoms with Crippen molar-refractivity contribution in [2.24, 2.45) is 0 Å². The summed E-state index contributed by atoms with van der Waals surface area (Å²) in [5.41, 5.74) is 2.55. The SMILES string of the molecule is CN(C)c1ccc(NC(=O)Cc2csc(NC(=O)c3cnccn3)n2)cc1. The lowest BCUT2D eigenvalue weighted by atomic mass is 10.2. The Hall–Kier alpha value is -3.33. The van der Waals surface area contributed by atoms with Crippen LogP contribution in [0, 0.1) is 0 Å². The van der Waals surface area contributed by atoms with E-state index in [9.17, 15) is 9.59 Å². The van der Waals surface area contributed by atoms with Crippen LogP contribution in [-0.4, -0.2) is 40.9 Å². The molecule has 0 aliphatic rings. The number of nitrogens with one attached hydrogen (secondary N) is 2. The lowest BCUT2D eigenvalue weighted by Crippen LogP contribution is -2.16. The smallest absolute Gasteiger partial charge is 0.277 e. The van der Waals surface area contributed by atoms with Gasteiger partial charge in [0.15, 0.2) is 5.13 Å². The number of nitrogens with zero attached hydrogens (tertiary/aromatic N) is 4. The third kappa shape index (κ3) is 5.08. The van der Waals surface area contributed by atoms with E-state index in [0.717, 1.165) is 11.4 Å². The van der Waals surface area contributed by atoms with E-state index in [4.69, 9.17) is 0 Å².